The van der Waals surface area contributed by atoms with Crippen molar-refractivity contribution in [1.29, 1.82) is 0 Å². The SMILES string of the molecule is O=C(/C=C/c1ccccc1Cl)c1ccc(OC(=O)c2ccc(Br)cc2)cc1. The highest BCUT2D eigenvalue weighted by molar-refractivity contribution is 9.10. The van der Waals surface area contributed by atoms with Crippen molar-refractivity contribution >= 4 is 45.4 Å². The highest BCUT2D eigenvalue weighted by Gasteiger charge is 2.09. The van der Waals surface area contributed by atoms with Crippen molar-refractivity contribution in [3.8, 4) is 5.75 Å². The Balaban J connectivity index is 1.66. The number of esters is 1. The molecule has 0 spiro atoms. The third-order valence-electron chi connectivity index (χ3n) is 3.75. The molecule has 3 aromatic carbocycles. The van der Waals surface area contributed by atoms with Crippen LogP contribution in [0.2, 0.25) is 5.02 Å². The van der Waals surface area contributed by atoms with E-state index in [1.54, 1.807) is 60.7 Å². The van der Waals surface area contributed by atoms with Crippen LogP contribution in [0.1, 0.15) is 26.3 Å². The molecule has 3 nitrogen and oxygen atoms in total. The van der Waals surface area contributed by atoms with Gasteiger partial charge in [-0.05, 0) is 72.3 Å². The quantitative estimate of drug-likeness (QED) is 0.204. The molecule has 3 rings (SSSR count). The van der Waals surface area contributed by atoms with E-state index in [1.807, 2.05) is 18.2 Å². The van der Waals surface area contributed by atoms with Gasteiger partial charge in [0.15, 0.2) is 5.78 Å². The van der Waals surface area contributed by atoms with Gasteiger partial charge in [-0.1, -0.05) is 45.7 Å². The largest absolute Gasteiger partial charge is 0.423 e. The summed E-state index contributed by atoms with van der Waals surface area (Å²) in [6, 6.07) is 20.6. The molecule has 0 amide bonds. The Morgan fingerprint density at radius 1 is 0.852 bits per heavy atom. The maximum atomic E-state index is 12.3. The van der Waals surface area contributed by atoms with Crippen molar-refractivity contribution in [1.82, 2.24) is 0 Å². The Kier molecular flexibility index (Phi) is 6.22. The molecule has 0 saturated heterocycles. The van der Waals surface area contributed by atoms with E-state index < -0.39 is 5.97 Å². The molecule has 0 unspecified atom stereocenters. The fourth-order valence-corrected chi connectivity index (χ4v) is 2.77. The molecule has 0 N–H and O–H groups in total. The van der Waals surface area contributed by atoms with Gasteiger partial charge < -0.3 is 4.74 Å². The Hall–Kier alpha value is -2.69. The third-order valence-corrected chi connectivity index (χ3v) is 4.62. The first-order valence-electron chi connectivity index (χ1n) is 8.08. The van der Waals surface area contributed by atoms with E-state index in [4.69, 9.17) is 16.3 Å². The lowest BCUT2D eigenvalue weighted by molar-refractivity contribution is 0.0734. The minimum absolute atomic E-state index is 0.166. The number of ketones is 1. The van der Waals surface area contributed by atoms with Crippen molar-refractivity contribution in [2.75, 3.05) is 0 Å². The van der Waals surface area contributed by atoms with E-state index in [-0.39, 0.29) is 5.78 Å². The first kappa shape index (κ1) is 19.1. The van der Waals surface area contributed by atoms with E-state index in [0.717, 1.165) is 10.0 Å². The van der Waals surface area contributed by atoms with E-state index >= 15 is 0 Å². The summed E-state index contributed by atoms with van der Waals surface area (Å²) in [5, 5.41) is 0.580. The normalized spacial score (nSPS) is 10.7. The van der Waals surface area contributed by atoms with Crippen LogP contribution < -0.4 is 4.74 Å². The average molecular weight is 442 g/mol. The molecule has 0 saturated carbocycles. The van der Waals surface area contributed by atoms with Crippen LogP contribution in [-0.2, 0) is 0 Å². The van der Waals surface area contributed by atoms with Gasteiger partial charge in [-0.15, -0.1) is 0 Å². The summed E-state index contributed by atoms with van der Waals surface area (Å²) in [7, 11) is 0. The molecule has 3 aromatic rings. The lowest BCUT2D eigenvalue weighted by Crippen LogP contribution is -2.08. The maximum Gasteiger partial charge on any atom is 0.343 e. The second kappa shape index (κ2) is 8.80. The van der Waals surface area contributed by atoms with E-state index in [0.29, 0.717) is 21.9 Å². The second-order valence-corrected chi connectivity index (χ2v) is 6.96. The van der Waals surface area contributed by atoms with Gasteiger partial charge in [-0.25, -0.2) is 4.79 Å². The predicted molar refractivity (Wildman–Crippen MR) is 110 cm³/mol. The summed E-state index contributed by atoms with van der Waals surface area (Å²) in [5.74, 6) is -0.254. The number of carbonyl (C=O) groups excluding carboxylic acids is 2. The van der Waals surface area contributed by atoms with Crippen LogP contribution in [0, 0.1) is 0 Å². The molecule has 0 aliphatic heterocycles. The summed E-state index contributed by atoms with van der Waals surface area (Å²) in [6.07, 6.45) is 3.14. The number of ether oxygens (including phenoxy) is 1. The van der Waals surface area contributed by atoms with Crippen molar-refractivity contribution < 1.29 is 14.3 Å². The lowest BCUT2D eigenvalue weighted by Gasteiger charge is -2.05. The summed E-state index contributed by atoms with van der Waals surface area (Å²) in [6.45, 7) is 0. The van der Waals surface area contributed by atoms with E-state index in [2.05, 4.69) is 15.9 Å². The van der Waals surface area contributed by atoms with Crippen LogP contribution in [0.4, 0.5) is 0 Å². The maximum absolute atomic E-state index is 12.3. The lowest BCUT2D eigenvalue weighted by atomic mass is 10.1. The molecule has 0 aliphatic rings. The molecular weight excluding hydrogens is 428 g/mol. The zero-order valence-corrected chi connectivity index (χ0v) is 16.4. The molecule has 134 valence electrons. The van der Waals surface area contributed by atoms with Crippen LogP contribution in [0.3, 0.4) is 0 Å². The molecule has 0 aromatic heterocycles. The smallest absolute Gasteiger partial charge is 0.343 e. The number of allylic oxidation sites excluding steroid dienone is 1. The van der Waals surface area contributed by atoms with Crippen LogP contribution in [0.15, 0.2) is 83.3 Å². The van der Waals surface area contributed by atoms with Crippen molar-refractivity contribution in [3.05, 3.63) is 105 Å². The fourth-order valence-electron chi connectivity index (χ4n) is 2.31. The highest BCUT2D eigenvalue weighted by Crippen LogP contribution is 2.19. The molecular formula is C22H14BrClO3. The van der Waals surface area contributed by atoms with Gasteiger partial charge in [-0.3, -0.25) is 4.79 Å². The molecule has 5 heteroatoms. The number of halogens is 2. The molecule has 0 atom stereocenters. The monoisotopic (exact) mass is 440 g/mol. The highest BCUT2D eigenvalue weighted by atomic mass is 79.9. The van der Waals surface area contributed by atoms with Gasteiger partial charge >= 0.3 is 5.97 Å². The van der Waals surface area contributed by atoms with Crippen LogP contribution in [-0.4, -0.2) is 11.8 Å². The van der Waals surface area contributed by atoms with Gasteiger partial charge in [0.2, 0.25) is 0 Å². The summed E-state index contributed by atoms with van der Waals surface area (Å²) >= 11 is 9.39. The first-order valence-corrected chi connectivity index (χ1v) is 9.25. The van der Waals surface area contributed by atoms with Crippen LogP contribution in [0.25, 0.3) is 6.08 Å². The Morgan fingerprint density at radius 2 is 1.48 bits per heavy atom. The molecule has 0 aliphatic carbocycles. The minimum atomic E-state index is -0.458. The van der Waals surface area contributed by atoms with Crippen molar-refractivity contribution in [2.45, 2.75) is 0 Å². The minimum Gasteiger partial charge on any atom is -0.423 e. The number of hydrogen-bond acceptors (Lipinski definition) is 3. The second-order valence-electron chi connectivity index (χ2n) is 5.64. The summed E-state index contributed by atoms with van der Waals surface area (Å²) in [4.78, 5) is 24.4. The number of hydrogen-bond donors (Lipinski definition) is 0. The summed E-state index contributed by atoms with van der Waals surface area (Å²) in [5.41, 5.74) is 1.70. The zero-order chi connectivity index (χ0) is 19.2. The van der Waals surface area contributed by atoms with Crippen LogP contribution in [0.5, 0.6) is 5.75 Å². The van der Waals surface area contributed by atoms with Gasteiger partial charge in [0.25, 0.3) is 0 Å². The van der Waals surface area contributed by atoms with Crippen molar-refractivity contribution in [3.63, 3.8) is 0 Å². The van der Waals surface area contributed by atoms with E-state index in [9.17, 15) is 9.59 Å². The molecule has 0 bridgehead atoms. The zero-order valence-electron chi connectivity index (χ0n) is 14.1. The van der Waals surface area contributed by atoms with Gasteiger partial charge in [0.1, 0.15) is 5.75 Å². The average Bonchev–Trinajstić information content (AvgIpc) is 2.68. The Bertz CT molecular complexity index is 993. The third kappa shape index (κ3) is 5.16. The summed E-state index contributed by atoms with van der Waals surface area (Å²) < 4.78 is 6.20. The number of rotatable bonds is 5. The van der Waals surface area contributed by atoms with Gasteiger partial charge in [0, 0.05) is 15.1 Å². The molecule has 0 heterocycles. The fraction of sp³-hybridized carbons (Fsp3) is 0. The van der Waals surface area contributed by atoms with Crippen LogP contribution >= 0.6 is 27.5 Å². The van der Waals surface area contributed by atoms with E-state index in [1.165, 1.54) is 6.08 Å². The molecule has 27 heavy (non-hydrogen) atoms. The topological polar surface area (TPSA) is 43.4 Å². The molecule has 0 fully saturated rings. The Labute approximate surface area is 170 Å². The number of benzene rings is 3. The Morgan fingerprint density at radius 3 is 2.15 bits per heavy atom. The number of carbonyl (C=O) groups is 2. The van der Waals surface area contributed by atoms with Gasteiger partial charge in [-0.2, -0.15) is 0 Å². The first-order chi connectivity index (χ1) is 13.0. The van der Waals surface area contributed by atoms with Crippen molar-refractivity contribution in [2.24, 2.45) is 0 Å². The van der Waals surface area contributed by atoms with Gasteiger partial charge in [0.05, 0.1) is 5.56 Å². The molecule has 0 radical (unpaired) electrons. The predicted octanol–water partition coefficient (Wildman–Crippen LogP) is 6.22. The standard InChI is InChI=1S/C22H14BrClO3/c23-18-10-5-17(6-11-18)22(26)27-19-12-7-16(8-13-19)21(25)14-9-15-3-1-2-4-20(15)24/h1-14H/b14-9+.